The Morgan fingerprint density at radius 1 is 0.943 bits per heavy atom. The number of aromatic nitrogens is 4. The summed E-state index contributed by atoms with van der Waals surface area (Å²) in [6, 6.07) is 0. The maximum Gasteiger partial charge on any atom is 0.244 e. The third kappa shape index (κ3) is 8.47. The summed E-state index contributed by atoms with van der Waals surface area (Å²) in [6.45, 7) is 26.9. The number of hydrogen-bond acceptors (Lipinski definition) is 8. The lowest BCUT2D eigenvalue weighted by Gasteiger charge is -2.28. The van der Waals surface area contributed by atoms with Crippen LogP contribution in [0, 0.1) is 0 Å². The van der Waals surface area contributed by atoms with E-state index in [0.717, 1.165) is 11.9 Å². The molecule has 1 fully saturated rings. The van der Waals surface area contributed by atoms with Crippen LogP contribution in [0.5, 0.6) is 5.88 Å². The van der Waals surface area contributed by atoms with Crippen LogP contribution < -0.4 is 9.41 Å². The molecule has 2 aromatic heterocycles. The Kier molecular flexibility index (Phi) is 8.12. The molecule has 0 saturated carbocycles. The number of hydrogen-bond donors (Lipinski definition) is 1. The average molecular weight is 556 g/mol. The Balaban J connectivity index is 1.99. The molecule has 1 aliphatic rings. The number of nitrogens with one attached hydrogen (secondary N) is 1. The van der Waals surface area contributed by atoms with E-state index in [2.05, 4.69) is 88.5 Å². The van der Waals surface area contributed by atoms with E-state index in [0.29, 0.717) is 24.1 Å². The Morgan fingerprint density at radius 3 is 2.14 bits per heavy atom. The first-order chi connectivity index (χ1) is 15.8. The summed E-state index contributed by atoms with van der Waals surface area (Å²) >= 11 is 0. The topological polar surface area (TPSA) is 92.6 Å². The number of anilines is 1. The molecule has 13 heteroatoms. The van der Waals surface area contributed by atoms with Crippen molar-refractivity contribution in [3.63, 3.8) is 0 Å². The zero-order chi connectivity index (χ0) is 26.4. The predicted octanol–water partition coefficient (Wildman–Crippen LogP) is 5.65. The van der Waals surface area contributed by atoms with Crippen molar-refractivity contribution in [2.75, 3.05) is 11.6 Å². The normalized spacial score (nSPS) is 22.1. The van der Waals surface area contributed by atoms with E-state index < -0.39 is 33.2 Å². The minimum absolute atomic E-state index is 0.0319. The highest BCUT2D eigenvalue weighted by atomic mass is 28.4. The molecule has 0 amide bonds. The first-order valence-electron chi connectivity index (χ1n) is 12.5. The van der Waals surface area contributed by atoms with Crippen LogP contribution in [0.4, 0.5) is 5.95 Å². The molecule has 198 valence electrons. The summed E-state index contributed by atoms with van der Waals surface area (Å²) in [4.78, 5) is 17.7. The van der Waals surface area contributed by atoms with Gasteiger partial charge in [0.05, 0.1) is 19.0 Å². The van der Waals surface area contributed by atoms with E-state index in [1.165, 1.54) is 0 Å². The standard InChI is InChI=1S/C22H45N5O4Si4/c1-32(2,3)26-22-24-20-19(21(25-22)31-35(10,11)12)27(15-23-20)18-13-16(30-34(7,8)9)17(29-18)14-28-33(4,5)6/h15-18H,13-14H2,1-12H3,(H,24,25,26)/t16-,17+,18+/m0/s1. The van der Waals surface area contributed by atoms with E-state index >= 15 is 0 Å². The van der Waals surface area contributed by atoms with Crippen LogP contribution >= 0.6 is 0 Å². The summed E-state index contributed by atoms with van der Waals surface area (Å²) in [6.07, 6.45) is 2.10. The lowest BCUT2D eigenvalue weighted by atomic mass is 10.2. The number of imidazole rings is 1. The highest BCUT2D eigenvalue weighted by Gasteiger charge is 2.41. The van der Waals surface area contributed by atoms with Crippen LogP contribution in [0.25, 0.3) is 11.2 Å². The van der Waals surface area contributed by atoms with Crippen LogP contribution in [0.2, 0.25) is 78.6 Å². The molecule has 1 N–H and O–H groups in total. The zero-order valence-corrected chi connectivity index (χ0v) is 27.6. The maximum absolute atomic E-state index is 6.57. The van der Waals surface area contributed by atoms with Crippen LogP contribution in [0.3, 0.4) is 0 Å². The second kappa shape index (κ2) is 9.99. The number of nitrogens with zero attached hydrogens (tertiary/aromatic N) is 4. The van der Waals surface area contributed by atoms with E-state index in [1.807, 2.05) is 4.57 Å². The molecule has 3 atom stereocenters. The molecule has 0 bridgehead atoms. The maximum atomic E-state index is 6.57. The number of ether oxygens (including phenoxy) is 1. The quantitative estimate of drug-likeness (QED) is 0.376. The molecule has 35 heavy (non-hydrogen) atoms. The monoisotopic (exact) mass is 555 g/mol. The van der Waals surface area contributed by atoms with Crippen molar-refractivity contribution in [2.45, 2.75) is 103 Å². The fourth-order valence-electron chi connectivity index (χ4n) is 3.82. The summed E-state index contributed by atoms with van der Waals surface area (Å²) in [5.41, 5.74) is 1.39. The van der Waals surface area contributed by atoms with Gasteiger partial charge in [-0.1, -0.05) is 19.6 Å². The smallest absolute Gasteiger partial charge is 0.244 e. The first kappa shape index (κ1) is 28.5. The molecule has 9 nitrogen and oxygen atoms in total. The molecule has 0 unspecified atom stereocenters. The van der Waals surface area contributed by atoms with Crippen molar-refractivity contribution in [3.8, 4) is 5.88 Å². The second-order valence-electron chi connectivity index (χ2n) is 13.3. The molecule has 0 spiro atoms. The highest BCUT2D eigenvalue weighted by molar-refractivity contribution is 6.79. The second-order valence-corrected chi connectivity index (χ2v) is 31.5. The van der Waals surface area contributed by atoms with Crippen molar-refractivity contribution in [1.29, 1.82) is 0 Å². The van der Waals surface area contributed by atoms with E-state index in [9.17, 15) is 0 Å². The number of rotatable bonds is 10. The van der Waals surface area contributed by atoms with Gasteiger partial charge in [0.15, 0.2) is 27.8 Å². The Morgan fingerprint density at radius 2 is 1.60 bits per heavy atom. The first-order valence-corrected chi connectivity index (χ1v) is 26.2. The van der Waals surface area contributed by atoms with Crippen molar-refractivity contribution in [2.24, 2.45) is 0 Å². The predicted molar refractivity (Wildman–Crippen MR) is 152 cm³/mol. The van der Waals surface area contributed by atoms with Crippen LogP contribution in [0.1, 0.15) is 12.6 Å². The lowest BCUT2D eigenvalue weighted by Crippen LogP contribution is -2.40. The van der Waals surface area contributed by atoms with Gasteiger partial charge in [0.25, 0.3) is 0 Å². The summed E-state index contributed by atoms with van der Waals surface area (Å²) in [5.74, 6) is 1.14. The van der Waals surface area contributed by atoms with Gasteiger partial charge < -0.3 is 23.0 Å². The van der Waals surface area contributed by atoms with Gasteiger partial charge in [-0.2, -0.15) is 9.97 Å². The molecule has 0 aliphatic carbocycles. The fourth-order valence-corrected chi connectivity index (χ4v) is 7.14. The van der Waals surface area contributed by atoms with Crippen LogP contribution in [-0.4, -0.2) is 71.5 Å². The third-order valence-electron chi connectivity index (χ3n) is 4.96. The molecule has 1 aliphatic heterocycles. The Hall–Kier alpha value is -1.10. The van der Waals surface area contributed by atoms with Crippen LogP contribution in [-0.2, 0) is 13.6 Å². The van der Waals surface area contributed by atoms with Crippen molar-refractivity contribution in [3.05, 3.63) is 6.33 Å². The van der Waals surface area contributed by atoms with Gasteiger partial charge >= 0.3 is 0 Å². The Labute approximate surface area is 214 Å². The summed E-state index contributed by atoms with van der Waals surface area (Å²) < 4.78 is 27.9. The van der Waals surface area contributed by atoms with Crippen molar-refractivity contribution < 1.29 is 18.0 Å². The highest BCUT2D eigenvalue weighted by Crippen LogP contribution is 2.37. The zero-order valence-electron chi connectivity index (χ0n) is 23.6. The minimum Gasteiger partial charge on any atom is -0.530 e. The van der Waals surface area contributed by atoms with Gasteiger partial charge in [0.2, 0.25) is 20.1 Å². The van der Waals surface area contributed by atoms with Crippen molar-refractivity contribution >= 4 is 50.3 Å². The number of fused-ring (bicyclic) bond motifs is 1. The summed E-state index contributed by atoms with van der Waals surface area (Å²) in [7, 11) is -7.07. The van der Waals surface area contributed by atoms with E-state index in [1.54, 1.807) is 6.33 Å². The van der Waals surface area contributed by atoms with Crippen LogP contribution in [0.15, 0.2) is 6.33 Å². The molecule has 1 saturated heterocycles. The molecule has 0 aromatic carbocycles. The molecule has 3 rings (SSSR count). The fraction of sp³-hybridized carbons (Fsp3) is 0.773. The largest absolute Gasteiger partial charge is 0.530 e. The average Bonchev–Trinajstić information content (AvgIpc) is 3.19. The molecule has 3 heterocycles. The lowest BCUT2D eigenvalue weighted by molar-refractivity contribution is -0.0366. The van der Waals surface area contributed by atoms with Gasteiger partial charge in [-0.25, -0.2) is 4.98 Å². The molecule has 2 aromatic rings. The molecular weight excluding hydrogens is 511 g/mol. The molecular formula is C22H45N5O4Si4. The van der Waals surface area contributed by atoms with Gasteiger partial charge in [0, 0.05) is 6.42 Å². The van der Waals surface area contributed by atoms with Gasteiger partial charge in [-0.05, 0) is 58.9 Å². The van der Waals surface area contributed by atoms with Gasteiger partial charge in [-0.15, -0.1) is 0 Å². The molecule has 0 radical (unpaired) electrons. The Bertz CT molecular complexity index is 1020. The van der Waals surface area contributed by atoms with Crippen molar-refractivity contribution in [1.82, 2.24) is 19.5 Å². The summed E-state index contributed by atoms with van der Waals surface area (Å²) in [5, 5.41) is 0. The van der Waals surface area contributed by atoms with Gasteiger partial charge in [0.1, 0.15) is 20.6 Å². The third-order valence-corrected chi connectivity index (χ3v) is 8.78. The minimum atomic E-state index is -1.95. The van der Waals surface area contributed by atoms with E-state index in [-0.39, 0.29) is 18.4 Å². The van der Waals surface area contributed by atoms with E-state index in [4.69, 9.17) is 28.0 Å². The SMILES string of the molecule is C[Si](C)(C)Nc1nc(O[Si](C)(C)C)c2c(ncn2[C@H]2C[C@H](O[Si](C)(C)C)[C@@H](CO[Si](C)(C)C)O2)n1. The van der Waals surface area contributed by atoms with Gasteiger partial charge in [-0.3, -0.25) is 4.57 Å².